The van der Waals surface area contributed by atoms with Gasteiger partial charge in [0, 0.05) is 43.9 Å². The number of nitrogens with zero attached hydrogens (tertiary/aromatic N) is 5. The van der Waals surface area contributed by atoms with E-state index < -0.39 is 0 Å². The molecule has 0 aliphatic carbocycles. The highest BCUT2D eigenvalue weighted by Gasteiger charge is 2.41. The van der Waals surface area contributed by atoms with Crippen LogP contribution in [0.15, 0.2) is 48.5 Å². The summed E-state index contributed by atoms with van der Waals surface area (Å²) < 4.78 is 20.3. The largest absolute Gasteiger partial charge is 0.372 e. The Morgan fingerprint density at radius 3 is 2.66 bits per heavy atom. The number of benzene rings is 2. The second-order valence-electron chi connectivity index (χ2n) is 8.41. The number of amides is 1. The van der Waals surface area contributed by atoms with Gasteiger partial charge in [0.25, 0.3) is 5.91 Å². The highest BCUT2D eigenvalue weighted by atomic mass is 19.1. The van der Waals surface area contributed by atoms with Crippen LogP contribution in [-0.4, -0.2) is 74.7 Å². The molecule has 0 unspecified atom stereocenters. The van der Waals surface area contributed by atoms with Gasteiger partial charge in [-0.15, -0.1) is 10.2 Å². The first-order chi connectivity index (χ1) is 15.6. The molecule has 0 atom stereocenters. The summed E-state index contributed by atoms with van der Waals surface area (Å²) in [5, 5.41) is 14.1. The minimum absolute atomic E-state index is 0.0423. The normalized spacial score (nSPS) is 18.7. The number of aromatic nitrogens is 4. The SMILES string of the molecule is O=C(c1ccccc1-c1nn[nH]n1)N1CCC2(CC1)CN(Cc1ccccc1F)CCO2. The van der Waals surface area contributed by atoms with E-state index in [2.05, 4.69) is 25.5 Å². The Bertz CT molecular complexity index is 1080. The molecule has 2 aliphatic rings. The van der Waals surface area contributed by atoms with Gasteiger partial charge in [0.05, 0.1) is 17.8 Å². The van der Waals surface area contributed by atoms with Crippen LogP contribution in [0.25, 0.3) is 11.4 Å². The number of carbonyl (C=O) groups is 1. The number of piperidine rings is 1. The second-order valence-corrected chi connectivity index (χ2v) is 8.41. The van der Waals surface area contributed by atoms with Crippen LogP contribution in [-0.2, 0) is 11.3 Å². The zero-order valence-electron chi connectivity index (χ0n) is 17.7. The molecule has 1 amide bonds. The molecule has 3 aromatic rings. The number of aromatic amines is 1. The smallest absolute Gasteiger partial charge is 0.254 e. The van der Waals surface area contributed by atoms with Gasteiger partial charge in [-0.2, -0.15) is 5.21 Å². The van der Waals surface area contributed by atoms with E-state index in [1.807, 2.05) is 35.2 Å². The number of likely N-dealkylation sites (tertiary alicyclic amines) is 1. The van der Waals surface area contributed by atoms with Crippen LogP contribution < -0.4 is 0 Å². The Kier molecular flexibility index (Phi) is 5.67. The van der Waals surface area contributed by atoms with E-state index in [4.69, 9.17) is 4.74 Å². The van der Waals surface area contributed by atoms with E-state index >= 15 is 0 Å². The van der Waals surface area contributed by atoms with E-state index in [9.17, 15) is 9.18 Å². The first kappa shape index (κ1) is 20.7. The van der Waals surface area contributed by atoms with Gasteiger partial charge in [-0.3, -0.25) is 9.69 Å². The molecule has 1 spiro atoms. The molecule has 0 bridgehead atoms. The van der Waals surface area contributed by atoms with Crippen molar-refractivity contribution in [3.63, 3.8) is 0 Å². The lowest BCUT2D eigenvalue weighted by Crippen LogP contribution is -2.57. The van der Waals surface area contributed by atoms with Gasteiger partial charge in [-0.1, -0.05) is 36.4 Å². The molecule has 2 aromatic carbocycles. The van der Waals surface area contributed by atoms with Crippen LogP contribution in [0.1, 0.15) is 28.8 Å². The highest BCUT2D eigenvalue weighted by molar-refractivity contribution is 6.00. The Labute approximate surface area is 185 Å². The van der Waals surface area contributed by atoms with Crippen molar-refractivity contribution in [3.05, 3.63) is 65.5 Å². The molecule has 166 valence electrons. The Balaban J connectivity index is 1.25. The third-order valence-corrected chi connectivity index (χ3v) is 6.38. The van der Waals surface area contributed by atoms with Gasteiger partial charge in [-0.05, 0) is 30.2 Å². The van der Waals surface area contributed by atoms with Gasteiger partial charge in [0.2, 0.25) is 5.82 Å². The fourth-order valence-corrected chi connectivity index (χ4v) is 4.66. The van der Waals surface area contributed by atoms with Gasteiger partial charge in [0.1, 0.15) is 5.82 Å². The van der Waals surface area contributed by atoms with Crippen molar-refractivity contribution < 1.29 is 13.9 Å². The molecule has 8 nitrogen and oxygen atoms in total. The number of halogens is 1. The molecule has 9 heteroatoms. The van der Waals surface area contributed by atoms with Gasteiger partial charge < -0.3 is 9.64 Å². The fraction of sp³-hybridized carbons (Fsp3) is 0.391. The summed E-state index contributed by atoms with van der Waals surface area (Å²) in [6.45, 7) is 3.90. The molecule has 5 rings (SSSR count). The number of carbonyl (C=O) groups excluding carboxylic acids is 1. The van der Waals surface area contributed by atoms with Crippen molar-refractivity contribution in [2.24, 2.45) is 0 Å². The summed E-state index contributed by atoms with van der Waals surface area (Å²) in [6, 6.07) is 14.2. The number of ether oxygens (including phenoxy) is 1. The molecular formula is C23H25FN6O2. The average molecular weight is 436 g/mol. The van der Waals surface area contributed by atoms with Crippen LogP contribution in [0.2, 0.25) is 0 Å². The molecule has 3 heterocycles. The van der Waals surface area contributed by atoms with Crippen LogP contribution in [0.4, 0.5) is 4.39 Å². The van der Waals surface area contributed by atoms with Crippen molar-refractivity contribution in [1.82, 2.24) is 30.4 Å². The first-order valence-electron chi connectivity index (χ1n) is 10.9. The summed E-state index contributed by atoms with van der Waals surface area (Å²) in [5.41, 5.74) is 1.63. The third-order valence-electron chi connectivity index (χ3n) is 6.38. The van der Waals surface area contributed by atoms with Gasteiger partial charge in [-0.25, -0.2) is 4.39 Å². The standard InChI is InChI=1S/C23H25FN6O2/c24-20-8-4-1-5-17(20)15-29-13-14-32-23(16-29)9-11-30(12-10-23)22(31)19-7-3-2-6-18(19)21-25-27-28-26-21/h1-8H,9-16H2,(H,25,26,27,28). The van der Waals surface area contributed by atoms with Crippen molar-refractivity contribution in [2.45, 2.75) is 25.0 Å². The zero-order valence-corrected chi connectivity index (χ0v) is 17.7. The molecule has 2 aliphatic heterocycles. The van der Waals surface area contributed by atoms with Gasteiger partial charge >= 0.3 is 0 Å². The molecule has 1 N–H and O–H groups in total. The summed E-state index contributed by atoms with van der Waals surface area (Å²) in [5.74, 6) is 0.190. The first-order valence-corrected chi connectivity index (χ1v) is 10.9. The van der Waals surface area contributed by atoms with E-state index in [0.29, 0.717) is 48.8 Å². The van der Waals surface area contributed by atoms with Gasteiger partial charge in [0.15, 0.2) is 0 Å². The Hall–Kier alpha value is -3.17. The lowest BCUT2D eigenvalue weighted by molar-refractivity contribution is -0.134. The molecule has 2 saturated heterocycles. The molecular weight excluding hydrogens is 411 g/mol. The zero-order chi connectivity index (χ0) is 22.0. The second kappa shape index (κ2) is 8.76. The summed E-state index contributed by atoms with van der Waals surface area (Å²) in [6.07, 6.45) is 1.49. The van der Waals surface area contributed by atoms with Crippen LogP contribution in [0, 0.1) is 5.82 Å². The Morgan fingerprint density at radius 1 is 1.09 bits per heavy atom. The summed E-state index contributed by atoms with van der Waals surface area (Å²) in [4.78, 5) is 17.4. The average Bonchev–Trinajstić information content (AvgIpc) is 3.36. The molecule has 0 radical (unpaired) electrons. The third kappa shape index (κ3) is 4.13. The maximum atomic E-state index is 14.1. The minimum Gasteiger partial charge on any atom is -0.372 e. The quantitative estimate of drug-likeness (QED) is 0.676. The number of nitrogens with one attached hydrogen (secondary N) is 1. The summed E-state index contributed by atoms with van der Waals surface area (Å²) in [7, 11) is 0. The van der Waals surface area contributed by atoms with E-state index in [1.54, 1.807) is 12.1 Å². The molecule has 32 heavy (non-hydrogen) atoms. The van der Waals surface area contributed by atoms with E-state index in [0.717, 1.165) is 25.9 Å². The van der Waals surface area contributed by atoms with Crippen LogP contribution in [0.3, 0.4) is 0 Å². The van der Waals surface area contributed by atoms with Crippen molar-refractivity contribution in [2.75, 3.05) is 32.8 Å². The maximum absolute atomic E-state index is 14.1. The fourth-order valence-electron chi connectivity index (χ4n) is 4.66. The molecule has 0 saturated carbocycles. The minimum atomic E-state index is -0.298. The Morgan fingerprint density at radius 2 is 1.88 bits per heavy atom. The van der Waals surface area contributed by atoms with Crippen molar-refractivity contribution in [3.8, 4) is 11.4 Å². The monoisotopic (exact) mass is 436 g/mol. The van der Waals surface area contributed by atoms with Crippen molar-refractivity contribution >= 4 is 5.91 Å². The lowest BCUT2D eigenvalue weighted by Gasteiger charge is -2.47. The predicted molar refractivity (Wildman–Crippen MR) is 115 cm³/mol. The number of rotatable bonds is 4. The molecule has 1 aromatic heterocycles. The molecule has 2 fully saturated rings. The number of hydrogen-bond acceptors (Lipinski definition) is 6. The van der Waals surface area contributed by atoms with E-state index in [-0.39, 0.29) is 17.3 Å². The topological polar surface area (TPSA) is 87.2 Å². The number of H-pyrrole nitrogens is 1. The van der Waals surface area contributed by atoms with Crippen molar-refractivity contribution in [1.29, 1.82) is 0 Å². The van der Waals surface area contributed by atoms with E-state index in [1.165, 1.54) is 6.07 Å². The maximum Gasteiger partial charge on any atom is 0.254 e. The number of hydrogen-bond donors (Lipinski definition) is 1. The summed E-state index contributed by atoms with van der Waals surface area (Å²) >= 11 is 0. The number of tetrazole rings is 1. The highest BCUT2D eigenvalue weighted by Crippen LogP contribution is 2.32. The predicted octanol–water partition coefficient (Wildman–Crippen LogP) is 2.51. The number of morpholine rings is 1. The van der Waals surface area contributed by atoms with Crippen LogP contribution in [0.5, 0.6) is 0 Å². The lowest BCUT2D eigenvalue weighted by atomic mass is 9.88. The van der Waals surface area contributed by atoms with Crippen LogP contribution >= 0.6 is 0 Å².